The summed E-state index contributed by atoms with van der Waals surface area (Å²) >= 11 is 0. The summed E-state index contributed by atoms with van der Waals surface area (Å²) in [6.45, 7) is 9.66. The number of aryl methyl sites for hydroxylation is 1. The average Bonchev–Trinajstić information content (AvgIpc) is 2.54. The maximum Gasteiger partial charge on any atom is 0.357 e. The van der Waals surface area contributed by atoms with Gasteiger partial charge in [-0.3, -0.25) is 0 Å². The third-order valence-electron chi connectivity index (χ3n) is 4.06. The van der Waals surface area contributed by atoms with Crippen LogP contribution >= 0.6 is 0 Å². The lowest BCUT2D eigenvalue weighted by Gasteiger charge is -2.31. The Morgan fingerprint density at radius 2 is 2.16 bits per heavy atom. The van der Waals surface area contributed by atoms with E-state index >= 15 is 0 Å². The fourth-order valence-corrected chi connectivity index (χ4v) is 2.78. The zero-order valence-corrected chi connectivity index (χ0v) is 15.7. The van der Waals surface area contributed by atoms with E-state index in [1.165, 1.54) is 0 Å². The van der Waals surface area contributed by atoms with Gasteiger partial charge in [-0.1, -0.05) is 6.08 Å². The maximum absolute atomic E-state index is 12.0. The minimum atomic E-state index is -0.785. The van der Waals surface area contributed by atoms with Gasteiger partial charge >= 0.3 is 5.97 Å². The number of ether oxygens (including phenoxy) is 2. The molecule has 0 bridgehead atoms. The molecule has 0 saturated heterocycles. The number of nitrogens with zero attached hydrogens (tertiary/aromatic N) is 2. The molecule has 25 heavy (non-hydrogen) atoms. The van der Waals surface area contributed by atoms with Crippen LogP contribution in [0.15, 0.2) is 12.3 Å². The van der Waals surface area contributed by atoms with Crippen LogP contribution in [0, 0.1) is 12.8 Å². The Labute approximate surface area is 149 Å². The van der Waals surface area contributed by atoms with Gasteiger partial charge in [0.15, 0.2) is 17.8 Å². The molecule has 0 radical (unpaired) electrons. The highest BCUT2D eigenvalue weighted by atomic mass is 16.6. The third-order valence-corrected chi connectivity index (χ3v) is 4.06. The van der Waals surface area contributed by atoms with E-state index in [4.69, 9.17) is 9.47 Å². The van der Waals surface area contributed by atoms with E-state index in [0.29, 0.717) is 30.1 Å². The Morgan fingerprint density at radius 3 is 2.72 bits per heavy atom. The molecule has 6 heteroatoms. The molecule has 0 aliphatic heterocycles. The summed E-state index contributed by atoms with van der Waals surface area (Å²) in [6.07, 6.45) is 5.11. The first-order valence-electron chi connectivity index (χ1n) is 8.77. The molecular weight excluding hydrogens is 320 g/mol. The standard InChI is InChI=1S/C19H28N2O4/c1-6-24-18(23)15-12(2)11-20-16(21-15)13-7-9-14(10-8-13)17(22)25-19(3,4)5/h7,11,14,17,22H,6,8-10H2,1-5H3. The molecule has 0 saturated carbocycles. The van der Waals surface area contributed by atoms with Gasteiger partial charge in [0.25, 0.3) is 0 Å². The van der Waals surface area contributed by atoms with Gasteiger partial charge in [0, 0.05) is 17.7 Å². The number of aliphatic hydroxyl groups is 1. The normalized spacial score (nSPS) is 19.3. The smallest absolute Gasteiger partial charge is 0.357 e. The van der Waals surface area contributed by atoms with Crippen molar-refractivity contribution in [3.05, 3.63) is 29.4 Å². The Balaban J connectivity index is 2.11. The minimum Gasteiger partial charge on any atom is -0.461 e. The Kier molecular flexibility index (Phi) is 6.30. The molecule has 1 heterocycles. The second kappa shape index (κ2) is 8.06. The number of aromatic nitrogens is 2. The molecule has 1 aromatic rings. The topological polar surface area (TPSA) is 81.5 Å². The number of hydrogen-bond acceptors (Lipinski definition) is 6. The summed E-state index contributed by atoms with van der Waals surface area (Å²) in [5.41, 5.74) is 1.62. The minimum absolute atomic E-state index is 0.0537. The second-order valence-corrected chi connectivity index (χ2v) is 7.33. The fourth-order valence-electron chi connectivity index (χ4n) is 2.78. The van der Waals surface area contributed by atoms with Crippen LogP contribution in [-0.4, -0.2) is 39.5 Å². The molecule has 1 N–H and O–H groups in total. The predicted octanol–water partition coefficient (Wildman–Crippen LogP) is 3.28. The molecule has 1 aliphatic carbocycles. The number of rotatable bonds is 5. The third kappa shape index (κ3) is 5.34. The average molecular weight is 348 g/mol. The zero-order valence-electron chi connectivity index (χ0n) is 15.7. The van der Waals surface area contributed by atoms with Crippen LogP contribution in [0.25, 0.3) is 5.57 Å². The summed E-state index contributed by atoms with van der Waals surface area (Å²) < 4.78 is 10.7. The molecule has 6 nitrogen and oxygen atoms in total. The van der Waals surface area contributed by atoms with Crippen molar-refractivity contribution in [1.82, 2.24) is 9.97 Å². The van der Waals surface area contributed by atoms with Gasteiger partial charge in [-0.2, -0.15) is 0 Å². The monoisotopic (exact) mass is 348 g/mol. The summed E-state index contributed by atoms with van der Waals surface area (Å²) in [5, 5.41) is 10.2. The van der Waals surface area contributed by atoms with Crippen LogP contribution in [0.2, 0.25) is 0 Å². The van der Waals surface area contributed by atoms with Gasteiger partial charge in [-0.05, 0) is 59.5 Å². The van der Waals surface area contributed by atoms with E-state index in [-0.39, 0.29) is 11.5 Å². The lowest BCUT2D eigenvalue weighted by atomic mass is 9.88. The fraction of sp³-hybridized carbons (Fsp3) is 0.632. The maximum atomic E-state index is 12.0. The van der Waals surface area contributed by atoms with Crippen molar-refractivity contribution in [2.75, 3.05) is 6.61 Å². The van der Waals surface area contributed by atoms with E-state index in [1.54, 1.807) is 20.0 Å². The molecule has 2 rings (SSSR count). The van der Waals surface area contributed by atoms with Gasteiger partial charge in [0.05, 0.1) is 12.2 Å². The summed E-state index contributed by atoms with van der Waals surface area (Å²) in [6, 6.07) is 0. The SMILES string of the molecule is CCOC(=O)c1nc(C2=CCC(C(O)OC(C)(C)C)CC2)ncc1C. The second-order valence-electron chi connectivity index (χ2n) is 7.33. The van der Waals surface area contributed by atoms with E-state index in [9.17, 15) is 9.90 Å². The molecule has 0 amide bonds. The van der Waals surface area contributed by atoms with Crippen LogP contribution in [0.1, 0.15) is 68.8 Å². The van der Waals surface area contributed by atoms with E-state index < -0.39 is 12.3 Å². The van der Waals surface area contributed by atoms with Crippen molar-refractivity contribution in [3.8, 4) is 0 Å². The van der Waals surface area contributed by atoms with Crippen LogP contribution < -0.4 is 0 Å². The molecule has 0 fully saturated rings. The van der Waals surface area contributed by atoms with Gasteiger partial charge in [0.2, 0.25) is 0 Å². The van der Waals surface area contributed by atoms with Crippen molar-refractivity contribution in [3.63, 3.8) is 0 Å². The molecule has 1 aromatic heterocycles. The van der Waals surface area contributed by atoms with Gasteiger partial charge in [-0.15, -0.1) is 0 Å². The van der Waals surface area contributed by atoms with Gasteiger partial charge < -0.3 is 14.6 Å². The molecule has 1 aliphatic rings. The van der Waals surface area contributed by atoms with Crippen molar-refractivity contribution in [1.29, 1.82) is 0 Å². The molecule has 0 spiro atoms. The molecular formula is C19H28N2O4. The highest BCUT2D eigenvalue weighted by Crippen LogP contribution is 2.32. The Bertz CT molecular complexity index is 649. The molecule has 2 atom stereocenters. The predicted molar refractivity (Wildman–Crippen MR) is 94.9 cm³/mol. The van der Waals surface area contributed by atoms with E-state index in [1.807, 2.05) is 26.8 Å². The molecule has 2 unspecified atom stereocenters. The first-order chi connectivity index (χ1) is 11.7. The lowest BCUT2D eigenvalue weighted by molar-refractivity contribution is -0.192. The van der Waals surface area contributed by atoms with Gasteiger partial charge in [0.1, 0.15) is 0 Å². The van der Waals surface area contributed by atoms with Crippen LogP contribution in [0.4, 0.5) is 0 Å². The highest BCUT2D eigenvalue weighted by Gasteiger charge is 2.27. The highest BCUT2D eigenvalue weighted by molar-refractivity contribution is 5.89. The number of carbonyl (C=O) groups is 1. The zero-order chi connectivity index (χ0) is 18.6. The first-order valence-corrected chi connectivity index (χ1v) is 8.77. The molecule has 138 valence electrons. The molecule has 0 aromatic carbocycles. The van der Waals surface area contributed by atoms with Crippen LogP contribution in [-0.2, 0) is 9.47 Å². The van der Waals surface area contributed by atoms with Crippen LogP contribution in [0.5, 0.6) is 0 Å². The summed E-state index contributed by atoms with van der Waals surface area (Å²) in [7, 11) is 0. The lowest BCUT2D eigenvalue weighted by Crippen LogP contribution is -2.33. The number of aliphatic hydroxyl groups excluding tert-OH is 1. The quantitative estimate of drug-likeness (QED) is 0.649. The van der Waals surface area contributed by atoms with Crippen molar-refractivity contribution in [2.24, 2.45) is 5.92 Å². The summed E-state index contributed by atoms with van der Waals surface area (Å²) in [4.78, 5) is 20.7. The number of hydrogen-bond donors (Lipinski definition) is 1. The number of carbonyl (C=O) groups excluding carboxylic acids is 1. The Morgan fingerprint density at radius 1 is 1.44 bits per heavy atom. The van der Waals surface area contributed by atoms with E-state index in [0.717, 1.165) is 18.4 Å². The van der Waals surface area contributed by atoms with Crippen molar-refractivity contribution >= 4 is 11.5 Å². The number of esters is 1. The summed E-state index contributed by atoms with van der Waals surface area (Å²) in [5.74, 6) is 0.184. The Hall–Kier alpha value is -1.79. The van der Waals surface area contributed by atoms with Gasteiger partial charge in [-0.25, -0.2) is 14.8 Å². The van der Waals surface area contributed by atoms with Crippen LogP contribution in [0.3, 0.4) is 0 Å². The first kappa shape index (κ1) is 19.5. The van der Waals surface area contributed by atoms with Crippen molar-refractivity contribution in [2.45, 2.75) is 65.8 Å². The van der Waals surface area contributed by atoms with Crippen molar-refractivity contribution < 1.29 is 19.4 Å². The van der Waals surface area contributed by atoms with E-state index in [2.05, 4.69) is 9.97 Å². The largest absolute Gasteiger partial charge is 0.461 e. The number of allylic oxidation sites excluding steroid dienone is 2.